The number of hydrogen-bond donors (Lipinski definition) is 2. The van der Waals surface area contributed by atoms with Crippen LogP contribution in [0.3, 0.4) is 0 Å². The minimum Gasteiger partial charge on any atom is -0.355 e. The average Bonchev–Trinajstić information content (AvgIpc) is 3.38. The molecular formula is C30H39N7O2S. The number of carbonyl (C=O) groups excluding carboxylic acids is 1. The van der Waals surface area contributed by atoms with E-state index in [9.17, 15) is 9.59 Å². The first-order valence-electron chi connectivity index (χ1n) is 14.3. The number of rotatable bonds is 10. The number of allylic oxidation sites excluding steroid dienone is 1. The van der Waals surface area contributed by atoms with E-state index in [0.29, 0.717) is 33.4 Å². The number of hydrogen-bond acceptors (Lipinski definition) is 8. The lowest BCUT2D eigenvalue weighted by Crippen LogP contribution is -2.34. The first kappa shape index (κ1) is 29.2. The third-order valence-corrected chi connectivity index (χ3v) is 8.21. The maximum Gasteiger partial charge on any atom is 0.276 e. The van der Waals surface area contributed by atoms with E-state index in [1.165, 1.54) is 11.3 Å². The maximum absolute atomic E-state index is 13.9. The molecule has 10 heteroatoms. The summed E-state index contributed by atoms with van der Waals surface area (Å²) >= 11 is 1.43. The SMILES string of the molecule is CC.CCCN(CCC(C)CC)c1cc2c(=O)c(C(=O)NNc3ccccn3)c3sc4c(n3c2nn1)CCC=C4. The lowest BCUT2D eigenvalue weighted by molar-refractivity contribution is 0.0963. The molecule has 4 heterocycles. The van der Waals surface area contributed by atoms with E-state index < -0.39 is 5.91 Å². The Labute approximate surface area is 239 Å². The van der Waals surface area contributed by atoms with Crippen molar-refractivity contribution in [3.8, 4) is 0 Å². The van der Waals surface area contributed by atoms with Crippen LogP contribution in [0.15, 0.2) is 41.3 Å². The van der Waals surface area contributed by atoms with Crippen LogP contribution in [0.5, 0.6) is 0 Å². The number of anilines is 2. The van der Waals surface area contributed by atoms with Gasteiger partial charge in [-0.1, -0.05) is 53.2 Å². The molecule has 5 rings (SSSR count). The number of aryl methyl sites for hydroxylation is 1. The summed E-state index contributed by atoms with van der Waals surface area (Å²) in [6, 6.07) is 7.16. The highest BCUT2D eigenvalue weighted by atomic mass is 32.1. The van der Waals surface area contributed by atoms with Crippen molar-refractivity contribution in [1.82, 2.24) is 25.0 Å². The molecule has 1 unspecified atom stereocenters. The van der Waals surface area contributed by atoms with Crippen LogP contribution in [-0.2, 0) is 6.42 Å². The summed E-state index contributed by atoms with van der Waals surface area (Å²) < 4.78 is 1.95. The molecule has 4 aromatic rings. The van der Waals surface area contributed by atoms with Crippen molar-refractivity contribution in [2.24, 2.45) is 5.92 Å². The minimum absolute atomic E-state index is 0.0920. The fourth-order valence-corrected chi connectivity index (χ4v) is 5.97. The summed E-state index contributed by atoms with van der Waals surface area (Å²) in [4.78, 5) is 35.4. The molecule has 0 bridgehead atoms. The number of thiazole rings is 1. The number of nitrogens with zero attached hydrogens (tertiary/aromatic N) is 5. The monoisotopic (exact) mass is 561 g/mol. The molecule has 0 aromatic carbocycles. The Kier molecular flexibility index (Phi) is 9.87. The largest absolute Gasteiger partial charge is 0.355 e. The Morgan fingerprint density at radius 1 is 1.20 bits per heavy atom. The van der Waals surface area contributed by atoms with Gasteiger partial charge >= 0.3 is 0 Å². The van der Waals surface area contributed by atoms with E-state index in [4.69, 9.17) is 0 Å². The van der Waals surface area contributed by atoms with Gasteiger partial charge in [-0.15, -0.1) is 21.5 Å². The lowest BCUT2D eigenvalue weighted by atomic mass is 10.1. The fourth-order valence-electron chi connectivity index (χ4n) is 4.71. The molecule has 0 saturated carbocycles. The smallest absolute Gasteiger partial charge is 0.276 e. The van der Waals surface area contributed by atoms with Gasteiger partial charge in [-0.3, -0.25) is 24.8 Å². The zero-order chi connectivity index (χ0) is 28.6. The Balaban J connectivity index is 0.00000181. The van der Waals surface area contributed by atoms with Gasteiger partial charge in [-0.25, -0.2) is 4.98 Å². The van der Waals surface area contributed by atoms with Gasteiger partial charge in [-0.05, 0) is 55.9 Å². The van der Waals surface area contributed by atoms with Gasteiger partial charge < -0.3 is 4.90 Å². The van der Waals surface area contributed by atoms with Crippen LogP contribution < -0.4 is 21.2 Å². The van der Waals surface area contributed by atoms with Gasteiger partial charge in [0.15, 0.2) is 11.5 Å². The highest BCUT2D eigenvalue weighted by Gasteiger charge is 2.26. The van der Waals surface area contributed by atoms with Crippen LogP contribution in [0.1, 0.15) is 81.2 Å². The summed E-state index contributed by atoms with van der Waals surface area (Å²) in [6.45, 7) is 12.2. The number of pyridine rings is 2. The number of aromatic nitrogens is 4. The van der Waals surface area contributed by atoms with Crippen molar-refractivity contribution in [2.75, 3.05) is 23.4 Å². The van der Waals surface area contributed by atoms with Gasteiger partial charge in [0.25, 0.3) is 5.91 Å². The lowest BCUT2D eigenvalue weighted by Gasteiger charge is -2.24. The van der Waals surface area contributed by atoms with Crippen molar-refractivity contribution in [3.63, 3.8) is 0 Å². The van der Waals surface area contributed by atoms with E-state index in [0.717, 1.165) is 55.8 Å². The van der Waals surface area contributed by atoms with Gasteiger partial charge in [0.1, 0.15) is 16.2 Å². The van der Waals surface area contributed by atoms with Crippen molar-refractivity contribution in [1.29, 1.82) is 0 Å². The summed E-state index contributed by atoms with van der Waals surface area (Å²) in [7, 11) is 0. The van der Waals surface area contributed by atoms with Gasteiger partial charge in [0, 0.05) is 29.9 Å². The van der Waals surface area contributed by atoms with Crippen LogP contribution in [0.25, 0.3) is 21.9 Å². The summed E-state index contributed by atoms with van der Waals surface area (Å²) in [5.74, 6) is 1.24. The Hall–Kier alpha value is -3.79. The summed E-state index contributed by atoms with van der Waals surface area (Å²) in [5, 5.41) is 9.57. The molecule has 4 aromatic heterocycles. The van der Waals surface area contributed by atoms with Crippen molar-refractivity contribution in [2.45, 2.75) is 66.7 Å². The summed E-state index contributed by atoms with van der Waals surface area (Å²) in [5.41, 5.74) is 6.77. The molecule has 0 radical (unpaired) electrons. The van der Waals surface area contributed by atoms with Crippen molar-refractivity contribution < 1.29 is 4.79 Å². The van der Waals surface area contributed by atoms with Crippen LogP contribution in [0.4, 0.5) is 11.6 Å². The van der Waals surface area contributed by atoms with Crippen LogP contribution in [0, 0.1) is 5.92 Å². The average molecular weight is 562 g/mol. The number of hydrazine groups is 1. The predicted octanol–water partition coefficient (Wildman–Crippen LogP) is 6.09. The second-order valence-corrected chi connectivity index (χ2v) is 10.8. The zero-order valence-electron chi connectivity index (χ0n) is 24.0. The highest BCUT2D eigenvalue weighted by molar-refractivity contribution is 7.18. The first-order chi connectivity index (χ1) is 19.5. The van der Waals surface area contributed by atoms with E-state index in [2.05, 4.69) is 63.9 Å². The topological polar surface area (TPSA) is 105 Å². The molecule has 0 aliphatic heterocycles. The molecule has 1 aliphatic carbocycles. The third kappa shape index (κ3) is 6.01. The molecule has 1 aliphatic rings. The fraction of sp³-hybridized carbons (Fsp3) is 0.433. The van der Waals surface area contributed by atoms with Crippen LogP contribution in [0.2, 0.25) is 0 Å². The molecule has 212 valence electrons. The number of fused-ring (bicyclic) bond motifs is 5. The quantitative estimate of drug-likeness (QED) is 0.226. The van der Waals surface area contributed by atoms with Crippen molar-refractivity contribution >= 4 is 50.8 Å². The molecular weight excluding hydrogens is 522 g/mol. The van der Waals surface area contributed by atoms with Crippen molar-refractivity contribution in [3.05, 3.63) is 62.9 Å². The normalized spacial score (nSPS) is 12.9. The predicted molar refractivity (Wildman–Crippen MR) is 165 cm³/mol. The molecule has 0 spiro atoms. The molecule has 0 fully saturated rings. The molecule has 0 saturated heterocycles. The molecule has 1 amide bonds. The number of carbonyl (C=O) groups is 1. The Bertz CT molecular complexity index is 1540. The van der Waals surface area contributed by atoms with E-state index in [1.54, 1.807) is 18.3 Å². The second-order valence-electron chi connectivity index (χ2n) is 9.72. The standard InChI is InChI=1S/C28H33N7O2S.C2H6/c1-4-15-34(16-13-18(3)5-2)23-17-19-25(36)24(27(37)33-30-22-12-8-9-14-29-22)28-35(26(19)32-31-23)20-10-6-7-11-21(20)38-28;1-2/h7-9,11-12,14,17-18H,4-6,10,13,15-16H2,1-3H3,(H,29,30)(H,33,37);1-2H3. The maximum atomic E-state index is 13.9. The van der Waals surface area contributed by atoms with E-state index in [-0.39, 0.29) is 11.0 Å². The highest BCUT2D eigenvalue weighted by Crippen LogP contribution is 2.33. The summed E-state index contributed by atoms with van der Waals surface area (Å²) in [6.07, 6.45) is 10.6. The third-order valence-electron chi connectivity index (χ3n) is 7.04. The Morgan fingerprint density at radius 3 is 2.75 bits per heavy atom. The molecule has 1 atom stereocenters. The first-order valence-corrected chi connectivity index (χ1v) is 15.1. The van der Waals surface area contributed by atoms with E-state index >= 15 is 0 Å². The molecule has 9 nitrogen and oxygen atoms in total. The number of nitrogens with one attached hydrogen (secondary N) is 2. The minimum atomic E-state index is -0.511. The molecule has 40 heavy (non-hydrogen) atoms. The zero-order valence-corrected chi connectivity index (χ0v) is 24.8. The molecule has 2 N–H and O–H groups in total. The van der Waals surface area contributed by atoms with E-state index in [1.807, 2.05) is 30.4 Å². The number of amides is 1. The van der Waals surface area contributed by atoms with Crippen LogP contribution >= 0.6 is 11.3 Å². The van der Waals surface area contributed by atoms with Gasteiger partial charge in [0.05, 0.1) is 5.39 Å². The Morgan fingerprint density at radius 2 is 2.02 bits per heavy atom. The van der Waals surface area contributed by atoms with Gasteiger partial charge in [0.2, 0.25) is 5.43 Å². The second kappa shape index (κ2) is 13.5. The van der Waals surface area contributed by atoms with Gasteiger partial charge in [-0.2, -0.15) is 0 Å². The van der Waals surface area contributed by atoms with Crippen LogP contribution in [-0.4, -0.2) is 38.6 Å².